The summed E-state index contributed by atoms with van der Waals surface area (Å²) in [5, 5.41) is 76.4. The Morgan fingerprint density at radius 3 is 2.41 bits per heavy atom. The summed E-state index contributed by atoms with van der Waals surface area (Å²) in [6, 6.07) is 7.13. The summed E-state index contributed by atoms with van der Waals surface area (Å²) in [5.41, 5.74) is -3.03. The summed E-state index contributed by atoms with van der Waals surface area (Å²) < 4.78 is 12.4. The van der Waals surface area contributed by atoms with Crippen molar-refractivity contribution in [3.63, 3.8) is 0 Å². The lowest BCUT2D eigenvalue weighted by Gasteiger charge is -2.63. The van der Waals surface area contributed by atoms with Crippen molar-refractivity contribution in [1.82, 2.24) is 0 Å². The Hall–Kier alpha value is -1.56. The first-order chi connectivity index (χ1) is 17.7. The monoisotopic (exact) mass is 522 g/mol. The van der Waals surface area contributed by atoms with Crippen LogP contribution in [0.5, 0.6) is 5.75 Å². The zero-order valence-corrected chi connectivity index (χ0v) is 21.2. The lowest BCUT2D eigenvalue weighted by atomic mass is 9.54. The Balaban J connectivity index is 1.76. The molecular weight excluding hydrogens is 480 g/mol. The minimum absolute atomic E-state index is 0.0812. The predicted molar refractivity (Wildman–Crippen MR) is 134 cm³/mol. The van der Waals surface area contributed by atoms with Gasteiger partial charge in [0.25, 0.3) is 0 Å². The van der Waals surface area contributed by atoms with E-state index < -0.39 is 53.6 Å². The van der Waals surface area contributed by atoms with Crippen molar-refractivity contribution in [2.45, 2.75) is 80.7 Å². The Morgan fingerprint density at radius 1 is 1.05 bits per heavy atom. The second-order valence-electron chi connectivity index (χ2n) is 11.0. The van der Waals surface area contributed by atoms with E-state index in [1.807, 2.05) is 12.1 Å². The molecule has 3 aliphatic rings. The van der Waals surface area contributed by atoms with Gasteiger partial charge in [0.15, 0.2) is 5.60 Å². The molecular formula is C28H42O9. The van der Waals surface area contributed by atoms with Crippen LogP contribution in [0.2, 0.25) is 0 Å². The van der Waals surface area contributed by atoms with Crippen molar-refractivity contribution < 1.29 is 45.2 Å². The maximum absolute atomic E-state index is 12.2. The van der Waals surface area contributed by atoms with Gasteiger partial charge in [-0.15, -0.1) is 6.58 Å². The average Bonchev–Trinajstić information content (AvgIpc) is 2.99. The molecule has 2 saturated carbocycles. The van der Waals surface area contributed by atoms with Crippen LogP contribution in [0, 0.1) is 23.7 Å². The summed E-state index contributed by atoms with van der Waals surface area (Å²) in [6.07, 6.45) is -0.822. The molecule has 1 aliphatic heterocycles. The number of aliphatic hydroxyl groups excluding tert-OH is 5. The molecule has 0 aromatic heterocycles. The van der Waals surface area contributed by atoms with Crippen molar-refractivity contribution >= 4 is 0 Å². The molecule has 0 amide bonds. The normalized spacial score (nSPS) is 40.0. The van der Waals surface area contributed by atoms with Crippen molar-refractivity contribution in [3.8, 4) is 5.75 Å². The van der Waals surface area contributed by atoms with Crippen molar-refractivity contribution in [3.05, 3.63) is 42.5 Å². The molecule has 2 bridgehead atoms. The largest absolute Gasteiger partial charge is 0.462 e. The first-order valence-electron chi connectivity index (χ1n) is 13.4. The van der Waals surface area contributed by atoms with Gasteiger partial charge in [-0.05, 0) is 80.4 Å². The van der Waals surface area contributed by atoms with E-state index in [0.717, 1.165) is 5.56 Å². The van der Waals surface area contributed by atoms with E-state index in [-0.39, 0.29) is 32.2 Å². The van der Waals surface area contributed by atoms with Crippen LogP contribution in [0.1, 0.15) is 44.1 Å². The molecule has 0 radical (unpaired) electrons. The van der Waals surface area contributed by atoms with Gasteiger partial charge in [0.05, 0.1) is 6.10 Å². The molecule has 0 spiro atoms. The highest BCUT2D eigenvalue weighted by molar-refractivity contribution is 5.29. The molecule has 1 saturated heterocycles. The minimum atomic E-state index is -2.10. The second-order valence-corrected chi connectivity index (χ2v) is 11.0. The molecule has 1 aromatic carbocycles. The number of fused-ring (bicyclic) bond motifs is 1. The Morgan fingerprint density at radius 2 is 1.78 bits per heavy atom. The minimum Gasteiger partial charge on any atom is -0.462 e. The van der Waals surface area contributed by atoms with Gasteiger partial charge in [-0.2, -0.15) is 0 Å². The number of rotatable bonds is 11. The summed E-state index contributed by atoms with van der Waals surface area (Å²) in [6.45, 7) is 3.23. The summed E-state index contributed by atoms with van der Waals surface area (Å²) in [5.74, 6) is -1.71. The molecule has 9 heteroatoms. The summed E-state index contributed by atoms with van der Waals surface area (Å²) >= 11 is 0. The van der Waals surface area contributed by atoms with E-state index in [1.54, 1.807) is 18.2 Å². The fourth-order valence-electron chi connectivity index (χ4n) is 7.00. The Kier molecular flexibility index (Phi) is 8.97. The standard InChI is InChI=1S/C28H42O9/c1-2-4-17-6-10-21(11-7-17)36-26-28(35)22(19(16-31)5-3-13-29)15-20-9-8-18(12-14-30)23(32)24(37-26)27(20,34)25(28)33/h2,6-7,10-11,18-20,22-26,29-35H,1,3-5,8-9,12-16H2. The van der Waals surface area contributed by atoms with Crippen LogP contribution in [0.25, 0.3) is 0 Å². The van der Waals surface area contributed by atoms with E-state index in [4.69, 9.17) is 9.47 Å². The van der Waals surface area contributed by atoms with E-state index in [2.05, 4.69) is 6.58 Å². The molecule has 10 unspecified atom stereocenters. The van der Waals surface area contributed by atoms with Crippen molar-refractivity contribution in [2.24, 2.45) is 23.7 Å². The van der Waals surface area contributed by atoms with Gasteiger partial charge in [0.1, 0.15) is 23.6 Å². The molecule has 208 valence electrons. The lowest BCUT2D eigenvalue weighted by molar-refractivity contribution is -0.401. The summed E-state index contributed by atoms with van der Waals surface area (Å²) in [4.78, 5) is 0. The quantitative estimate of drug-likeness (QED) is 0.206. The molecule has 2 aliphatic carbocycles. The first kappa shape index (κ1) is 28.4. The van der Waals surface area contributed by atoms with E-state index in [0.29, 0.717) is 44.3 Å². The van der Waals surface area contributed by atoms with Gasteiger partial charge in [-0.25, -0.2) is 0 Å². The van der Waals surface area contributed by atoms with Gasteiger partial charge >= 0.3 is 0 Å². The fraction of sp³-hybridized carbons (Fsp3) is 0.714. The molecule has 37 heavy (non-hydrogen) atoms. The topological polar surface area (TPSA) is 160 Å². The number of benzene rings is 1. The van der Waals surface area contributed by atoms with Crippen LogP contribution in [0.15, 0.2) is 36.9 Å². The zero-order valence-electron chi connectivity index (χ0n) is 21.2. The van der Waals surface area contributed by atoms with Crippen LogP contribution in [0.4, 0.5) is 0 Å². The Bertz CT molecular complexity index is 894. The van der Waals surface area contributed by atoms with Crippen molar-refractivity contribution in [2.75, 3.05) is 19.8 Å². The average molecular weight is 523 g/mol. The van der Waals surface area contributed by atoms with E-state index >= 15 is 0 Å². The highest BCUT2D eigenvalue weighted by Gasteiger charge is 2.74. The molecule has 9 nitrogen and oxygen atoms in total. The molecule has 4 rings (SSSR count). The van der Waals surface area contributed by atoms with Crippen LogP contribution in [-0.4, -0.2) is 91.4 Å². The predicted octanol–water partition coefficient (Wildman–Crippen LogP) is 0.512. The molecule has 3 fully saturated rings. The van der Waals surface area contributed by atoms with Gasteiger partial charge in [-0.3, -0.25) is 0 Å². The smallest absolute Gasteiger partial charge is 0.232 e. The van der Waals surface area contributed by atoms with Crippen LogP contribution < -0.4 is 4.74 Å². The zero-order chi connectivity index (χ0) is 26.8. The summed E-state index contributed by atoms with van der Waals surface area (Å²) in [7, 11) is 0. The van der Waals surface area contributed by atoms with Crippen LogP contribution >= 0.6 is 0 Å². The van der Waals surface area contributed by atoms with Crippen LogP contribution in [0.3, 0.4) is 0 Å². The van der Waals surface area contributed by atoms with E-state index in [9.17, 15) is 35.7 Å². The van der Waals surface area contributed by atoms with Gasteiger partial charge < -0.3 is 45.2 Å². The highest BCUT2D eigenvalue weighted by atomic mass is 16.7. The molecule has 7 N–H and O–H groups in total. The molecule has 1 heterocycles. The highest BCUT2D eigenvalue weighted by Crippen LogP contribution is 2.58. The van der Waals surface area contributed by atoms with Gasteiger partial charge in [0.2, 0.25) is 6.29 Å². The number of hydrogen-bond acceptors (Lipinski definition) is 9. The second kappa shape index (κ2) is 11.7. The third-order valence-electron chi connectivity index (χ3n) is 9.03. The van der Waals surface area contributed by atoms with E-state index in [1.165, 1.54) is 0 Å². The van der Waals surface area contributed by atoms with Gasteiger partial charge in [-0.1, -0.05) is 18.2 Å². The Labute approximate surface area is 218 Å². The number of aliphatic hydroxyl groups is 7. The SMILES string of the molecule is C=CCc1ccc(OC2OC3C(O)C(CCO)CCC4CC(C(CO)CCCO)C2(O)C(O)C43O)cc1. The third-order valence-corrected chi connectivity index (χ3v) is 9.03. The number of hydrogen-bond donors (Lipinski definition) is 7. The fourth-order valence-corrected chi connectivity index (χ4v) is 7.00. The van der Waals surface area contributed by atoms with Crippen molar-refractivity contribution in [1.29, 1.82) is 0 Å². The maximum atomic E-state index is 12.2. The molecule has 1 aromatic rings. The lowest BCUT2D eigenvalue weighted by Crippen LogP contribution is -2.82. The first-order valence-corrected chi connectivity index (χ1v) is 13.4. The third kappa shape index (κ3) is 4.96. The number of allylic oxidation sites excluding steroid dienone is 1. The van der Waals surface area contributed by atoms with Crippen LogP contribution in [-0.2, 0) is 11.2 Å². The number of ether oxygens (including phenoxy) is 2. The maximum Gasteiger partial charge on any atom is 0.232 e. The van der Waals surface area contributed by atoms with Gasteiger partial charge in [0, 0.05) is 25.7 Å². The molecule has 10 atom stereocenters.